The molecule has 5 heteroatoms. The Labute approximate surface area is 150 Å². The Morgan fingerprint density at radius 3 is 2.88 bits per heavy atom. The number of likely N-dealkylation sites (tertiary alicyclic amines) is 1. The Kier molecular flexibility index (Phi) is 4.80. The lowest BCUT2D eigenvalue weighted by molar-refractivity contribution is -0.146. The third-order valence-electron chi connectivity index (χ3n) is 5.66. The fraction of sp³-hybridized carbons (Fsp3) is 0.632. The molecule has 0 bridgehead atoms. The molecule has 0 unspecified atom stereocenters. The summed E-state index contributed by atoms with van der Waals surface area (Å²) < 4.78 is 6.14. The fourth-order valence-corrected chi connectivity index (χ4v) is 4.40. The zero-order valence-electron chi connectivity index (χ0n) is 14.5. The van der Waals surface area contributed by atoms with Gasteiger partial charge in [-0.25, -0.2) is 0 Å². The number of benzene rings is 1. The molecule has 24 heavy (non-hydrogen) atoms. The average molecular weight is 351 g/mol. The summed E-state index contributed by atoms with van der Waals surface area (Å²) in [4.78, 5) is 15.1. The van der Waals surface area contributed by atoms with Crippen LogP contribution in [0.15, 0.2) is 18.2 Å². The number of amides is 1. The van der Waals surface area contributed by atoms with Crippen molar-refractivity contribution in [1.29, 1.82) is 0 Å². The van der Waals surface area contributed by atoms with Gasteiger partial charge in [-0.1, -0.05) is 6.07 Å². The van der Waals surface area contributed by atoms with Crippen LogP contribution in [0.5, 0.6) is 5.75 Å². The molecule has 2 aliphatic heterocycles. The van der Waals surface area contributed by atoms with Crippen molar-refractivity contribution in [2.24, 2.45) is 5.92 Å². The molecule has 0 aromatic heterocycles. The molecule has 2 heterocycles. The second-order valence-electron chi connectivity index (χ2n) is 7.67. The van der Waals surface area contributed by atoms with Gasteiger partial charge in [0.15, 0.2) is 5.60 Å². The van der Waals surface area contributed by atoms with Gasteiger partial charge in [-0.05, 0) is 68.7 Å². The summed E-state index contributed by atoms with van der Waals surface area (Å²) >= 11 is 0. The highest BCUT2D eigenvalue weighted by molar-refractivity contribution is 5.85. The Morgan fingerprint density at radius 2 is 2.04 bits per heavy atom. The van der Waals surface area contributed by atoms with Crippen molar-refractivity contribution in [1.82, 2.24) is 10.2 Å². The zero-order valence-corrected chi connectivity index (χ0v) is 15.3. The SMILES string of the molecule is CC(C)(Oc1ccc2c(c1)CCC2)C(=O)N1CC[C@H]2CNC[C@H]21.Cl. The van der Waals surface area contributed by atoms with Crippen molar-refractivity contribution in [2.75, 3.05) is 19.6 Å². The summed E-state index contributed by atoms with van der Waals surface area (Å²) in [5.74, 6) is 1.56. The van der Waals surface area contributed by atoms with Crippen molar-refractivity contribution < 1.29 is 9.53 Å². The number of ether oxygens (including phenoxy) is 1. The highest BCUT2D eigenvalue weighted by atomic mass is 35.5. The number of nitrogens with zero attached hydrogens (tertiary/aromatic N) is 1. The summed E-state index contributed by atoms with van der Waals surface area (Å²) in [5, 5.41) is 3.40. The highest BCUT2D eigenvalue weighted by Crippen LogP contribution is 2.32. The van der Waals surface area contributed by atoms with E-state index in [9.17, 15) is 4.79 Å². The maximum Gasteiger partial charge on any atom is 0.266 e. The smallest absolute Gasteiger partial charge is 0.266 e. The van der Waals surface area contributed by atoms with E-state index in [4.69, 9.17) is 4.74 Å². The first-order valence-corrected chi connectivity index (χ1v) is 8.87. The van der Waals surface area contributed by atoms with Crippen molar-refractivity contribution >= 4 is 18.3 Å². The Hall–Kier alpha value is -1.26. The molecule has 0 spiro atoms. The Balaban J connectivity index is 0.00000169. The molecule has 3 aliphatic rings. The lowest BCUT2D eigenvalue weighted by Crippen LogP contribution is -2.51. The van der Waals surface area contributed by atoms with E-state index < -0.39 is 5.60 Å². The van der Waals surface area contributed by atoms with Crippen LogP contribution in [0.1, 0.15) is 37.8 Å². The first-order chi connectivity index (χ1) is 11.0. The van der Waals surface area contributed by atoms with Gasteiger partial charge in [-0.2, -0.15) is 0 Å². The molecule has 1 aromatic rings. The van der Waals surface area contributed by atoms with Crippen LogP contribution in [0.25, 0.3) is 0 Å². The number of carbonyl (C=O) groups is 1. The van der Waals surface area contributed by atoms with Crippen molar-refractivity contribution in [2.45, 2.75) is 51.2 Å². The Morgan fingerprint density at radius 1 is 1.25 bits per heavy atom. The largest absolute Gasteiger partial charge is 0.478 e. The van der Waals surface area contributed by atoms with Crippen LogP contribution in [0.2, 0.25) is 0 Å². The molecule has 1 aliphatic carbocycles. The van der Waals surface area contributed by atoms with Gasteiger partial charge >= 0.3 is 0 Å². The summed E-state index contributed by atoms with van der Waals surface area (Å²) in [6.45, 7) is 6.63. The van der Waals surface area contributed by atoms with Crippen molar-refractivity contribution in [3.05, 3.63) is 29.3 Å². The predicted molar refractivity (Wildman–Crippen MR) is 96.9 cm³/mol. The van der Waals surface area contributed by atoms with E-state index in [1.54, 1.807) is 0 Å². The van der Waals surface area contributed by atoms with Gasteiger partial charge < -0.3 is 15.0 Å². The molecule has 2 atom stereocenters. The van der Waals surface area contributed by atoms with Crippen LogP contribution < -0.4 is 10.1 Å². The van der Waals surface area contributed by atoms with E-state index in [0.29, 0.717) is 12.0 Å². The van der Waals surface area contributed by atoms with Gasteiger partial charge in [0.2, 0.25) is 0 Å². The molecule has 1 N–H and O–H groups in total. The molecule has 132 valence electrons. The molecule has 0 radical (unpaired) electrons. The fourth-order valence-electron chi connectivity index (χ4n) is 4.40. The minimum atomic E-state index is -0.815. The summed E-state index contributed by atoms with van der Waals surface area (Å²) in [7, 11) is 0. The van der Waals surface area contributed by atoms with Gasteiger partial charge in [0.05, 0.1) is 0 Å². The lowest BCUT2D eigenvalue weighted by atomic mass is 10.0. The molecule has 4 nitrogen and oxygen atoms in total. The Bertz CT molecular complexity index is 632. The molecule has 2 saturated heterocycles. The number of hydrogen-bond acceptors (Lipinski definition) is 3. The first-order valence-electron chi connectivity index (χ1n) is 8.87. The van der Waals surface area contributed by atoms with E-state index in [-0.39, 0.29) is 18.3 Å². The number of rotatable bonds is 3. The number of fused-ring (bicyclic) bond motifs is 2. The number of aryl methyl sites for hydroxylation is 2. The number of halogens is 1. The van der Waals surface area contributed by atoms with Gasteiger partial charge in [-0.15, -0.1) is 12.4 Å². The van der Waals surface area contributed by atoms with E-state index in [0.717, 1.165) is 38.2 Å². The molecular formula is C19H27ClN2O2. The van der Waals surface area contributed by atoms with Gasteiger partial charge in [0, 0.05) is 25.7 Å². The average Bonchev–Trinajstić information content (AvgIpc) is 3.21. The third-order valence-corrected chi connectivity index (χ3v) is 5.66. The molecule has 0 saturated carbocycles. The van der Waals surface area contributed by atoms with E-state index in [1.807, 2.05) is 24.8 Å². The quantitative estimate of drug-likeness (QED) is 0.911. The predicted octanol–water partition coefficient (Wildman–Crippen LogP) is 2.57. The van der Waals surface area contributed by atoms with E-state index in [2.05, 4.69) is 17.4 Å². The van der Waals surface area contributed by atoms with Crippen molar-refractivity contribution in [3.63, 3.8) is 0 Å². The number of nitrogens with one attached hydrogen (secondary N) is 1. The highest BCUT2D eigenvalue weighted by Gasteiger charge is 2.45. The number of carbonyl (C=O) groups excluding carboxylic acids is 1. The van der Waals surface area contributed by atoms with Crippen LogP contribution in [0.3, 0.4) is 0 Å². The standard InChI is InChI=1S/C19H26N2O2.ClH/c1-19(2,18(22)21-9-8-15-11-20-12-17(15)21)23-16-7-6-13-4-3-5-14(13)10-16;/h6-7,10,15,17,20H,3-5,8-9,11-12H2,1-2H3;1H/t15-,17+;/m0./s1. The summed E-state index contributed by atoms with van der Waals surface area (Å²) in [5.41, 5.74) is 2.00. The summed E-state index contributed by atoms with van der Waals surface area (Å²) in [6, 6.07) is 6.65. The molecule has 1 amide bonds. The van der Waals surface area contributed by atoms with Gasteiger partial charge in [0.1, 0.15) is 5.75 Å². The van der Waals surface area contributed by atoms with E-state index >= 15 is 0 Å². The van der Waals surface area contributed by atoms with Crippen LogP contribution in [-0.2, 0) is 17.6 Å². The molecule has 4 rings (SSSR count). The second kappa shape index (κ2) is 6.57. The summed E-state index contributed by atoms with van der Waals surface area (Å²) in [6.07, 6.45) is 4.63. The minimum Gasteiger partial charge on any atom is -0.478 e. The van der Waals surface area contributed by atoms with Gasteiger partial charge in [0.25, 0.3) is 5.91 Å². The normalized spacial score (nSPS) is 25.2. The van der Waals surface area contributed by atoms with Gasteiger partial charge in [-0.3, -0.25) is 4.79 Å². The monoisotopic (exact) mass is 350 g/mol. The van der Waals surface area contributed by atoms with E-state index in [1.165, 1.54) is 24.0 Å². The zero-order chi connectivity index (χ0) is 16.0. The number of hydrogen-bond donors (Lipinski definition) is 1. The topological polar surface area (TPSA) is 41.6 Å². The maximum absolute atomic E-state index is 13.0. The molecule has 2 fully saturated rings. The van der Waals surface area contributed by atoms with Crippen LogP contribution in [0, 0.1) is 5.92 Å². The molecule has 1 aromatic carbocycles. The van der Waals surface area contributed by atoms with Crippen LogP contribution in [0.4, 0.5) is 0 Å². The second-order valence-corrected chi connectivity index (χ2v) is 7.67. The third kappa shape index (κ3) is 3.02. The first kappa shape index (κ1) is 17.6. The molecular weight excluding hydrogens is 324 g/mol. The van der Waals surface area contributed by atoms with Crippen LogP contribution in [-0.4, -0.2) is 42.1 Å². The van der Waals surface area contributed by atoms with Crippen molar-refractivity contribution in [3.8, 4) is 5.75 Å². The maximum atomic E-state index is 13.0. The van der Waals surface area contributed by atoms with Crippen LogP contribution >= 0.6 is 12.4 Å². The minimum absolute atomic E-state index is 0. The lowest BCUT2D eigenvalue weighted by Gasteiger charge is -2.33.